The van der Waals surface area contributed by atoms with Crippen molar-refractivity contribution in [3.8, 4) is 0 Å². The fourth-order valence-electron chi connectivity index (χ4n) is 1.86. The normalized spacial score (nSPS) is 10.3. The van der Waals surface area contributed by atoms with E-state index in [1.807, 2.05) is 18.2 Å². The maximum Gasteiger partial charge on any atom is 0.220 e. The smallest absolute Gasteiger partial charge is 0.220 e. The molecular formula is C15H18N2O2. The molecule has 0 spiro atoms. The Morgan fingerprint density at radius 2 is 2.05 bits per heavy atom. The molecule has 2 aromatic rings. The molecule has 1 aromatic carbocycles. The summed E-state index contributed by atoms with van der Waals surface area (Å²) in [5.74, 6) is 0.0658. The van der Waals surface area contributed by atoms with Gasteiger partial charge in [-0.2, -0.15) is 0 Å². The molecule has 0 aliphatic rings. The van der Waals surface area contributed by atoms with Crippen LogP contribution in [0.3, 0.4) is 0 Å². The summed E-state index contributed by atoms with van der Waals surface area (Å²) in [5, 5.41) is 2.92. The highest BCUT2D eigenvalue weighted by atomic mass is 16.3. The molecule has 19 heavy (non-hydrogen) atoms. The molecule has 1 aromatic heterocycles. The summed E-state index contributed by atoms with van der Waals surface area (Å²) < 4.78 is 4.85. The molecule has 0 bridgehead atoms. The van der Waals surface area contributed by atoms with Crippen molar-refractivity contribution in [1.29, 1.82) is 0 Å². The molecule has 2 rings (SSSR count). The minimum atomic E-state index is 0.0658. The number of carbonyl (C=O) groups is 1. The van der Waals surface area contributed by atoms with Gasteiger partial charge < -0.3 is 9.73 Å². The highest BCUT2D eigenvalue weighted by Crippen LogP contribution is 2.02. The van der Waals surface area contributed by atoms with Crippen molar-refractivity contribution < 1.29 is 9.21 Å². The van der Waals surface area contributed by atoms with Crippen molar-refractivity contribution in [2.75, 3.05) is 6.54 Å². The number of hydrogen-bond acceptors (Lipinski definition) is 3. The molecule has 0 radical (unpaired) electrons. The third-order valence-corrected chi connectivity index (χ3v) is 2.90. The first-order valence-corrected chi connectivity index (χ1v) is 6.52. The predicted molar refractivity (Wildman–Crippen MR) is 72.6 cm³/mol. The summed E-state index contributed by atoms with van der Waals surface area (Å²) in [4.78, 5) is 15.6. The van der Waals surface area contributed by atoms with Crippen LogP contribution in [0.15, 0.2) is 47.4 Å². The van der Waals surface area contributed by atoms with E-state index in [0.717, 1.165) is 18.5 Å². The van der Waals surface area contributed by atoms with Crippen molar-refractivity contribution in [3.05, 3.63) is 54.2 Å². The molecule has 0 atom stereocenters. The molecule has 0 saturated carbocycles. The fraction of sp³-hybridized carbons (Fsp3) is 0.333. The Bertz CT molecular complexity index is 480. The number of rotatable bonds is 7. The van der Waals surface area contributed by atoms with Gasteiger partial charge in [-0.1, -0.05) is 30.3 Å². The second-order valence-corrected chi connectivity index (χ2v) is 4.42. The van der Waals surface area contributed by atoms with E-state index in [1.165, 1.54) is 12.0 Å². The van der Waals surface area contributed by atoms with E-state index in [0.29, 0.717) is 19.4 Å². The molecule has 4 nitrogen and oxygen atoms in total. The minimum absolute atomic E-state index is 0.0658. The van der Waals surface area contributed by atoms with E-state index in [1.54, 1.807) is 6.26 Å². The fourth-order valence-corrected chi connectivity index (χ4v) is 1.86. The summed E-state index contributed by atoms with van der Waals surface area (Å²) in [5.41, 5.74) is 2.12. The summed E-state index contributed by atoms with van der Waals surface area (Å²) in [7, 11) is 0. The van der Waals surface area contributed by atoms with Crippen LogP contribution in [0.25, 0.3) is 0 Å². The van der Waals surface area contributed by atoms with E-state index in [-0.39, 0.29) is 5.91 Å². The van der Waals surface area contributed by atoms with Crippen molar-refractivity contribution in [1.82, 2.24) is 10.3 Å². The highest BCUT2D eigenvalue weighted by molar-refractivity contribution is 5.76. The Morgan fingerprint density at radius 3 is 2.79 bits per heavy atom. The lowest BCUT2D eigenvalue weighted by atomic mass is 10.1. The number of nitrogens with one attached hydrogen (secondary N) is 1. The molecule has 100 valence electrons. The van der Waals surface area contributed by atoms with Gasteiger partial charge >= 0.3 is 0 Å². The zero-order valence-electron chi connectivity index (χ0n) is 10.8. The number of aryl methyl sites for hydroxylation is 2. The number of aromatic nitrogens is 1. The molecule has 1 amide bonds. The van der Waals surface area contributed by atoms with Gasteiger partial charge in [-0.05, 0) is 18.4 Å². The summed E-state index contributed by atoms with van der Waals surface area (Å²) in [6, 6.07) is 10.3. The van der Waals surface area contributed by atoms with Gasteiger partial charge in [0.15, 0.2) is 6.39 Å². The number of benzene rings is 1. The van der Waals surface area contributed by atoms with Gasteiger partial charge in [0, 0.05) is 19.4 Å². The van der Waals surface area contributed by atoms with E-state index in [2.05, 4.69) is 22.4 Å². The van der Waals surface area contributed by atoms with Gasteiger partial charge in [0.25, 0.3) is 0 Å². The third-order valence-electron chi connectivity index (χ3n) is 2.90. The van der Waals surface area contributed by atoms with Gasteiger partial charge in [0.1, 0.15) is 6.26 Å². The zero-order valence-corrected chi connectivity index (χ0v) is 10.8. The van der Waals surface area contributed by atoms with Crippen LogP contribution < -0.4 is 5.32 Å². The van der Waals surface area contributed by atoms with Crippen LogP contribution in [0.4, 0.5) is 0 Å². The van der Waals surface area contributed by atoms with E-state index in [9.17, 15) is 4.79 Å². The SMILES string of the molecule is O=C(CCc1cocn1)NCCCc1ccccc1. The summed E-state index contributed by atoms with van der Waals surface area (Å²) >= 11 is 0. The van der Waals surface area contributed by atoms with Crippen LogP contribution in [-0.2, 0) is 17.6 Å². The number of oxazole rings is 1. The van der Waals surface area contributed by atoms with E-state index < -0.39 is 0 Å². The molecule has 4 heteroatoms. The third kappa shape index (κ3) is 4.95. The summed E-state index contributed by atoms with van der Waals surface area (Å²) in [6.45, 7) is 0.715. The first-order valence-electron chi connectivity index (χ1n) is 6.52. The second-order valence-electron chi connectivity index (χ2n) is 4.42. The maximum absolute atomic E-state index is 11.6. The van der Waals surface area contributed by atoms with Crippen LogP contribution in [-0.4, -0.2) is 17.4 Å². The van der Waals surface area contributed by atoms with Gasteiger partial charge in [-0.15, -0.1) is 0 Å². The average molecular weight is 258 g/mol. The molecule has 1 N–H and O–H groups in total. The summed E-state index contributed by atoms with van der Waals surface area (Å²) in [6.07, 6.45) is 5.98. The predicted octanol–water partition coefficient (Wildman–Crippen LogP) is 2.36. The molecule has 0 saturated heterocycles. The maximum atomic E-state index is 11.6. The lowest BCUT2D eigenvalue weighted by Gasteiger charge is -2.04. The molecule has 1 heterocycles. The highest BCUT2D eigenvalue weighted by Gasteiger charge is 2.03. The van der Waals surface area contributed by atoms with Crippen LogP contribution in [0.2, 0.25) is 0 Å². The number of nitrogens with zero attached hydrogens (tertiary/aromatic N) is 1. The number of hydrogen-bond donors (Lipinski definition) is 1. The quantitative estimate of drug-likeness (QED) is 0.776. The Kier molecular flexibility index (Phi) is 5.17. The lowest BCUT2D eigenvalue weighted by Crippen LogP contribution is -2.25. The van der Waals surface area contributed by atoms with Crippen molar-refractivity contribution in [3.63, 3.8) is 0 Å². The van der Waals surface area contributed by atoms with E-state index >= 15 is 0 Å². The van der Waals surface area contributed by atoms with Crippen molar-refractivity contribution in [2.24, 2.45) is 0 Å². The standard InChI is InChI=1S/C15H18N2O2/c18-15(9-8-14-11-19-12-17-14)16-10-4-7-13-5-2-1-3-6-13/h1-3,5-6,11-12H,4,7-10H2,(H,16,18). The van der Waals surface area contributed by atoms with Gasteiger partial charge in [-0.25, -0.2) is 4.98 Å². The monoisotopic (exact) mass is 258 g/mol. The minimum Gasteiger partial charge on any atom is -0.451 e. The first-order chi connectivity index (χ1) is 9.34. The Labute approximate surface area is 112 Å². The molecule has 0 unspecified atom stereocenters. The van der Waals surface area contributed by atoms with Crippen LogP contribution in [0.5, 0.6) is 0 Å². The molecule has 0 aliphatic carbocycles. The lowest BCUT2D eigenvalue weighted by molar-refractivity contribution is -0.121. The van der Waals surface area contributed by atoms with E-state index in [4.69, 9.17) is 4.42 Å². The molecular weight excluding hydrogens is 240 g/mol. The molecule has 0 fully saturated rings. The Balaban J connectivity index is 1.57. The largest absolute Gasteiger partial charge is 0.451 e. The Hall–Kier alpha value is -2.10. The van der Waals surface area contributed by atoms with Gasteiger partial charge in [0.05, 0.1) is 5.69 Å². The van der Waals surface area contributed by atoms with Crippen molar-refractivity contribution >= 4 is 5.91 Å². The molecule has 0 aliphatic heterocycles. The first kappa shape index (κ1) is 13.3. The average Bonchev–Trinajstić information content (AvgIpc) is 2.96. The van der Waals surface area contributed by atoms with Crippen LogP contribution in [0.1, 0.15) is 24.1 Å². The zero-order chi connectivity index (χ0) is 13.3. The van der Waals surface area contributed by atoms with Gasteiger partial charge in [0.2, 0.25) is 5.91 Å². The Morgan fingerprint density at radius 1 is 1.21 bits per heavy atom. The number of amides is 1. The topological polar surface area (TPSA) is 55.1 Å². The van der Waals surface area contributed by atoms with Crippen molar-refractivity contribution in [2.45, 2.75) is 25.7 Å². The van der Waals surface area contributed by atoms with Crippen LogP contribution in [0, 0.1) is 0 Å². The van der Waals surface area contributed by atoms with Gasteiger partial charge in [-0.3, -0.25) is 4.79 Å². The van der Waals surface area contributed by atoms with Crippen LogP contribution >= 0.6 is 0 Å². The number of carbonyl (C=O) groups excluding carboxylic acids is 1. The second kappa shape index (κ2) is 7.36.